The summed E-state index contributed by atoms with van der Waals surface area (Å²) in [5, 5.41) is 3.39. The van der Waals surface area contributed by atoms with Crippen molar-refractivity contribution < 1.29 is 9.15 Å². The van der Waals surface area contributed by atoms with Gasteiger partial charge in [-0.1, -0.05) is 48.5 Å². The van der Waals surface area contributed by atoms with E-state index < -0.39 is 0 Å². The summed E-state index contributed by atoms with van der Waals surface area (Å²) < 4.78 is 12.0. The van der Waals surface area contributed by atoms with Crippen LogP contribution in [0.25, 0.3) is 11.3 Å². The lowest BCUT2D eigenvalue weighted by atomic mass is 10.1. The van der Waals surface area contributed by atoms with Crippen LogP contribution in [0.15, 0.2) is 76.3 Å². The molecular formula is C24H29IN4O2. The molecule has 1 aliphatic rings. The molecule has 0 amide bonds. The molecule has 0 radical (unpaired) electrons. The van der Waals surface area contributed by atoms with Crippen molar-refractivity contribution >= 4 is 29.9 Å². The predicted octanol–water partition coefficient (Wildman–Crippen LogP) is 4.97. The number of likely N-dealkylation sites (tertiary alicyclic amines) is 1. The minimum atomic E-state index is 0. The first-order valence-electron chi connectivity index (χ1n) is 10.6. The monoisotopic (exact) mass is 532 g/mol. The third-order valence-electron chi connectivity index (χ3n) is 5.10. The summed E-state index contributed by atoms with van der Waals surface area (Å²) in [5.74, 6) is 3.22. The topological polar surface area (TPSA) is 62.9 Å². The van der Waals surface area contributed by atoms with E-state index in [0.29, 0.717) is 12.4 Å². The fourth-order valence-electron chi connectivity index (χ4n) is 3.56. The predicted molar refractivity (Wildman–Crippen MR) is 134 cm³/mol. The van der Waals surface area contributed by atoms with Gasteiger partial charge in [-0.2, -0.15) is 0 Å². The Kier molecular flexibility index (Phi) is 8.75. The minimum Gasteiger partial charge on any atom is -0.490 e. The van der Waals surface area contributed by atoms with Gasteiger partial charge in [-0.25, -0.2) is 9.98 Å². The summed E-state index contributed by atoms with van der Waals surface area (Å²) in [7, 11) is 0. The summed E-state index contributed by atoms with van der Waals surface area (Å²) in [6.07, 6.45) is 3.94. The van der Waals surface area contributed by atoms with Crippen LogP contribution in [0.2, 0.25) is 0 Å². The van der Waals surface area contributed by atoms with Gasteiger partial charge >= 0.3 is 0 Å². The minimum absolute atomic E-state index is 0. The summed E-state index contributed by atoms with van der Waals surface area (Å²) in [4.78, 5) is 11.4. The molecule has 0 saturated carbocycles. The highest BCUT2D eigenvalue weighted by Gasteiger charge is 2.22. The molecule has 0 spiro atoms. The molecule has 1 fully saturated rings. The van der Waals surface area contributed by atoms with Crippen molar-refractivity contribution in [2.24, 2.45) is 4.99 Å². The summed E-state index contributed by atoms with van der Waals surface area (Å²) in [5.41, 5.74) is 1.02. The van der Waals surface area contributed by atoms with Crippen molar-refractivity contribution in [2.75, 3.05) is 19.6 Å². The summed E-state index contributed by atoms with van der Waals surface area (Å²) >= 11 is 0. The van der Waals surface area contributed by atoms with Crippen LogP contribution in [0, 0.1) is 0 Å². The van der Waals surface area contributed by atoms with Gasteiger partial charge in [0.15, 0.2) is 11.7 Å². The first-order chi connectivity index (χ1) is 14.8. The summed E-state index contributed by atoms with van der Waals surface area (Å²) in [6, 6.07) is 20.0. The Balaban J connectivity index is 0.00000272. The average Bonchev–Trinajstić information content (AvgIpc) is 3.28. The molecule has 2 heterocycles. The molecule has 0 atom stereocenters. The number of guanidine groups is 1. The zero-order valence-corrected chi connectivity index (χ0v) is 20.1. The van der Waals surface area contributed by atoms with Crippen LogP contribution in [-0.4, -0.2) is 41.6 Å². The molecule has 4 rings (SSSR count). The van der Waals surface area contributed by atoms with E-state index in [0.717, 1.165) is 55.5 Å². The number of aromatic nitrogens is 1. The van der Waals surface area contributed by atoms with Crippen molar-refractivity contribution in [3.05, 3.63) is 72.8 Å². The van der Waals surface area contributed by atoms with E-state index in [9.17, 15) is 0 Å². The molecule has 1 saturated heterocycles. The smallest absolute Gasteiger partial charge is 0.216 e. The highest BCUT2D eigenvalue weighted by Crippen LogP contribution is 2.21. The Morgan fingerprint density at radius 1 is 1.10 bits per heavy atom. The van der Waals surface area contributed by atoms with Gasteiger partial charge in [0.1, 0.15) is 18.4 Å². The van der Waals surface area contributed by atoms with Gasteiger partial charge in [0.25, 0.3) is 0 Å². The van der Waals surface area contributed by atoms with E-state index in [4.69, 9.17) is 14.1 Å². The molecule has 0 aliphatic carbocycles. The van der Waals surface area contributed by atoms with Crippen LogP contribution in [0.3, 0.4) is 0 Å². The van der Waals surface area contributed by atoms with Gasteiger partial charge in [0.2, 0.25) is 5.89 Å². The second-order valence-corrected chi connectivity index (χ2v) is 7.27. The molecule has 0 unspecified atom stereocenters. The van der Waals surface area contributed by atoms with E-state index in [1.165, 1.54) is 0 Å². The molecule has 6 nitrogen and oxygen atoms in total. The second-order valence-electron chi connectivity index (χ2n) is 7.27. The number of piperidine rings is 1. The maximum atomic E-state index is 6.11. The highest BCUT2D eigenvalue weighted by atomic mass is 127. The lowest BCUT2D eigenvalue weighted by molar-refractivity contribution is 0.129. The van der Waals surface area contributed by atoms with E-state index in [2.05, 4.69) is 22.1 Å². The Hall–Kier alpha value is -2.55. The zero-order valence-electron chi connectivity index (χ0n) is 17.7. The maximum absolute atomic E-state index is 6.11. The van der Waals surface area contributed by atoms with Crippen molar-refractivity contribution in [1.82, 2.24) is 15.2 Å². The van der Waals surface area contributed by atoms with Crippen molar-refractivity contribution in [1.29, 1.82) is 0 Å². The van der Waals surface area contributed by atoms with Gasteiger partial charge < -0.3 is 19.4 Å². The molecule has 3 aromatic rings. The normalized spacial score (nSPS) is 14.7. The van der Waals surface area contributed by atoms with Crippen LogP contribution in [0.1, 0.15) is 25.7 Å². The molecular weight excluding hydrogens is 503 g/mol. The fraction of sp³-hybridized carbons (Fsp3) is 0.333. The number of nitrogens with one attached hydrogen (secondary N) is 1. The lowest BCUT2D eigenvalue weighted by Gasteiger charge is -2.34. The molecule has 0 bridgehead atoms. The van der Waals surface area contributed by atoms with Crippen molar-refractivity contribution in [3.63, 3.8) is 0 Å². The molecule has 1 aliphatic heterocycles. The van der Waals surface area contributed by atoms with Gasteiger partial charge in [-0.05, 0) is 19.1 Å². The largest absolute Gasteiger partial charge is 0.490 e. The SMILES string of the molecule is CCNC(=NCc1ncc(-c2ccccc2)o1)N1CCC(Oc2ccccc2)CC1.I. The third kappa shape index (κ3) is 6.46. The molecule has 7 heteroatoms. The quantitative estimate of drug-likeness (QED) is 0.276. The van der Waals surface area contributed by atoms with E-state index in [-0.39, 0.29) is 30.1 Å². The van der Waals surface area contributed by atoms with Gasteiger partial charge in [0, 0.05) is 38.0 Å². The van der Waals surface area contributed by atoms with Crippen LogP contribution in [0.4, 0.5) is 0 Å². The number of para-hydroxylation sites is 1. The number of rotatable bonds is 6. The Morgan fingerprint density at radius 2 is 1.77 bits per heavy atom. The molecule has 1 aromatic heterocycles. The number of nitrogens with zero attached hydrogens (tertiary/aromatic N) is 3. The van der Waals surface area contributed by atoms with Crippen LogP contribution >= 0.6 is 24.0 Å². The van der Waals surface area contributed by atoms with E-state index in [1.54, 1.807) is 6.20 Å². The molecule has 1 N–H and O–H groups in total. The standard InChI is InChI=1S/C24H28N4O2.HI/c1-2-25-24(27-18-23-26-17-22(30-23)19-9-5-3-6-10-19)28-15-13-21(14-16-28)29-20-11-7-4-8-12-20;/h3-12,17,21H,2,13-16,18H2,1H3,(H,25,27);1H. The van der Waals surface area contributed by atoms with Crippen LogP contribution in [-0.2, 0) is 6.54 Å². The average molecular weight is 532 g/mol. The number of hydrogen-bond acceptors (Lipinski definition) is 4. The van der Waals surface area contributed by atoms with E-state index >= 15 is 0 Å². The Morgan fingerprint density at radius 3 is 2.45 bits per heavy atom. The van der Waals surface area contributed by atoms with Crippen LogP contribution in [0.5, 0.6) is 5.75 Å². The first-order valence-corrected chi connectivity index (χ1v) is 10.6. The Bertz CT molecular complexity index is 938. The lowest BCUT2D eigenvalue weighted by Crippen LogP contribution is -2.47. The highest BCUT2D eigenvalue weighted by molar-refractivity contribution is 14.0. The number of hydrogen-bond donors (Lipinski definition) is 1. The van der Waals surface area contributed by atoms with Crippen molar-refractivity contribution in [3.8, 4) is 17.1 Å². The van der Waals surface area contributed by atoms with Gasteiger partial charge in [-0.3, -0.25) is 0 Å². The fourth-order valence-corrected chi connectivity index (χ4v) is 3.56. The second kappa shape index (κ2) is 11.7. The Labute approximate surface area is 200 Å². The van der Waals surface area contributed by atoms with Gasteiger partial charge in [-0.15, -0.1) is 24.0 Å². The molecule has 31 heavy (non-hydrogen) atoms. The number of ether oxygens (including phenoxy) is 1. The maximum Gasteiger partial charge on any atom is 0.216 e. The summed E-state index contributed by atoms with van der Waals surface area (Å²) in [6.45, 7) is 5.13. The van der Waals surface area contributed by atoms with Crippen molar-refractivity contribution in [2.45, 2.75) is 32.4 Å². The number of oxazole rings is 1. The number of halogens is 1. The molecule has 164 valence electrons. The third-order valence-corrected chi connectivity index (χ3v) is 5.10. The number of aliphatic imine (C=N–C) groups is 1. The first kappa shape index (κ1) is 23.1. The van der Waals surface area contributed by atoms with Gasteiger partial charge in [0.05, 0.1) is 6.20 Å². The van der Waals surface area contributed by atoms with Crippen LogP contribution < -0.4 is 10.1 Å². The number of benzene rings is 2. The van der Waals surface area contributed by atoms with E-state index in [1.807, 2.05) is 60.7 Å². The zero-order chi connectivity index (χ0) is 20.6. The molecule has 2 aromatic carbocycles.